The van der Waals surface area contributed by atoms with Crippen molar-refractivity contribution in [1.82, 2.24) is 15.3 Å². The molecule has 0 aromatic carbocycles. The van der Waals surface area contributed by atoms with Gasteiger partial charge in [-0.3, -0.25) is 9.78 Å². The molecular formula is C11H14ClN3O. The van der Waals surface area contributed by atoms with Gasteiger partial charge in [-0.25, -0.2) is 4.98 Å². The van der Waals surface area contributed by atoms with E-state index in [0.29, 0.717) is 6.54 Å². The van der Waals surface area contributed by atoms with E-state index in [9.17, 15) is 4.79 Å². The molecule has 0 aliphatic heterocycles. The minimum atomic E-state index is -0.203. The monoisotopic (exact) mass is 239 g/mol. The Morgan fingerprint density at radius 3 is 3.00 bits per heavy atom. The smallest absolute Gasteiger partial charge is 0.271 e. The first-order valence-electron chi connectivity index (χ1n) is 5.51. The van der Waals surface area contributed by atoms with E-state index in [1.54, 1.807) is 0 Å². The van der Waals surface area contributed by atoms with Gasteiger partial charge < -0.3 is 5.32 Å². The number of aromatic nitrogens is 2. The van der Waals surface area contributed by atoms with Crippen LogP contribution in [0.1, 0.15) is 36.2 Å². The molecule has 4 nitrogen and oxygen atoms in total. The highest BCUT2D eigenvalue weighted by atomic mass is 35.5. The third-order valence-corrected chi connectivity index (χ3v) is 2.79. The Morgan fingerprint density at radius 2 is 2.31 bits per heavy atom. The van der Waals surface area contributed by atoms with Crippen molar-refractivity contribution in [3.8, 4) is 0 Å². The summed E-state index contributed by atoms with van der Waals surface area (Å²) in [4.78, 5) is 19.3. The van der Waals surface area contributed by atoms with Gasteiger partial charge in [-0.15, -0.1) is 0 Å². The minimum Gasteiger partial charge on any atom is -0.351 e. The molecule has 86 valence electrons. The zero-order valence-electron chi connectivity index (χ0n) is 8.95. The number of carbonyl (C=O) groups is 1. The highest BCUT2D eigenvalue weighted by Gasteiger charge is 2.20. The largest absolute Gasteiger partial charge is 0.351 e. The Hall–Kier alpha value is -1.16. The summed E-state index contributed by atoms with van der Waals surface area (Å²) in [6.45, 7) is 0.698. The van der Waals surface area contributed by atoms with Crippen LogP contribution in [0.15, 0.2) is 12.4 Å². The van der Waals surface area contributed by atoms with Gasteiger partial charge in [-0.1, -0.05) is 24.4 Å². The molecule has 2 rings (SSSR count). The predicted octanol–water partition coefficient (Wildman–Crippen LogP) is 2.05. The third-order valence-electron chi connectivity index (χ3n) is 2.61. The van der Waals surface area contributed by atoms with Gasteiger partial charge in [0, 0.05) is 6.54 Å². The standard InChI is InChI=1S/C11H14ClN3O/c12-10-7-13-6-9(15-10)11(16)14-5-1-2-8-3-4-8/h6-8H,1-5H2,(H,14,16). The summed E-state index contributed by atoms with van der Waals surface area (Å²) in [5, 5.41) is 3.05. The average Bonchev–Trinajstić information content (AvgIpc) is 3.08. The van der Waals surface area contributed by atoms with E-state index in [4.69, 9.17) is 11.6 Å². The normalized spacial score (nSPS) is 14.8. The first-order valence-corrected chi connectivity index (χ1v) is 5.89. The Morgan fingerprint density at radius 1 is 1.50 bits per heavy atom. The molecule has 1 aliphatic carbocycles. The van der Waals surface area contributed by atoms with Crippen LogP contribution in [0.25, 0.3) is 0 Å². The molecule has 5 heteroatoms. The summed E-state index contributed by atoms with van der Waals surface area (Å²) in [5.74, 6) is 0.702. The summed E-state index contributed by atoms with van der Waals surface area (Å²) in [7, 11) is 0. The van der Waals surface area contributed by atoms with E-state index in [0.717, 1.165) is 12.3 Å². The van der Waals surface area contributed by atoms with E-state index in [2.05, 4.69) is 15.3 Å². The van der Waals surface area contributed by atoms with Crippen molar-refractivity contribution in [2.45, 2.75) is 25.7 Å². The summed E-state index contributed by atoms with van der Waals surface area (Å²) < 4.78 is 0. The minimum absolute atomic E-state index is 0.203. The summed E-state index contributed by atoms with van der Waals surface area (Å²) in [6.07, 6.45) is 7.78. The van der Waals surface area contributed by atoms with Crippen molar-refractivity contribution >= 4 is 17.5 Å². The van der Waals surface area contributed by atoms with Crippen LogP contribution in [0.3, 0.4) is 0 Å². The van der Waals surface area contributed by atoms with Gasteiger partial charge in [-0.05, 0) is 18.8 Å². The molecule has 0 saturated heterocycles. The van der Waals surface area contributed by atoms with Crippen molar-refractivity contribution in [2.24, 2.45) is 5.92 Å². The molecule has 1 N–H and O–H groups in total. The maximum atomic E-state index is 11.6. The van der Waals surface area contributed by atoms with Gasteiger partial charge in [0.1, 0.15) is 10.8 Å². The van der Waals surface area contributed by atoms with Crippen molar-refractivity contribution < 1.29 is 4.79 Å². The molecule has 1 amide bonds. The fourth-order valence-electron chi connectivity index (χ4n) is 1.54. The van der Waals surface area contributed by atoms with Crippen LogP contribution < -0.4 is 5.32 Å². The van der Waals surface area contributed by atoms with Crippen LogP contribution in [-0.2, 0) is 0 Å². The molecule has 0 unspecified atom stereocenters. The van der Waals surface area contributed by atoms with E-state index in [1.165, 1.54) is 31.7 Å². The maximum absolute atomic E-state index is 11.6. The molecule has 0 spiro atoms. The number of amides is 1. The van der Waals surface area contributed by atoms with Gasteiger partial charge in [-0.2, -0.15) is 0 Å². The molecule has 1 fully saturated rings. The number of hydrogen-bond donors (Lipinski definition) is 1. The zero-order chi connectivity index (χ0) is 11.4. The lowest BCUT2D eigenvalue weighted by Gasteiger charge is -2.03. The summed E-state index contributed by atoms with van der Waals surface area (Å²) >= 11 is 5.65. The highest BCUT2D eigenvalue weighted by molar-refractivity contribution is 6.29. The third kappa shape index (κ3) is 3.45. The first kappa shape index (κ1) is 11.3. The van der Waals surface area contributed by atoms with E-state index in [-0.39, 0.29) is 16.8 Å². The lowest BCUT2D eigenvalue weighted by atomic mass is 10.2. The number of nitrogens with zero attached hydrogens (tertiary/aromatic N) is 2. The van der Waals surface area contributed by atoms with Crippen LogP contribution in [-0.4, -0.2) is 22.4 Å². The van der Waals surface area contributed by atoms with E-state index in [1.807, 2.05) is 0 Å². The zero-order valence-corrected chi connectivity index (χ0v) is 9.70. The van der Waals surface area contributed by atoms with Gasteiger partial charge in [0.25, 0.3) is 5.91 Å². The Labute approximate surface area is 99.4 Å². The molecule has 1 aromatic heterocycles. The van der Waals surface area contributed by atoms with Gasteiger partial charge in [0.2, 0.25) is 0 Å². The topological polar surface area (TPSA) is 54.9 Å². The lowest BCUT2D eigenvalue weighted by molar-refractivity contribution is 0.0947. The Bertz CT molecular complexity index is 379. The quantitative estimate of drug-likeness (QED) is 0.801. The second-order valence-electron chi connectivity index (χ2n) is 4.07. The summed E-state index contributed by atoms with van der Waals surface area (Å²) in [6, 6.07) is 0. The van der Waals surface area contributed by atoms with Crippen LogP contribution in [0.4, 0.5) is 0 Å². The Kier molecular flexibility index (Phi) is 3.72. The number of carbonyl (C=O) groups excluding carboxylic acids is 1. The van der Waals surface area contributed by atoms with E-state index < -0.39 is 0 Å². The molecule has 1 saturated carbocycles. The van der Waals surface area contributed by atoms with Crippen molar-refractivity contribution in [1.29, 1.82) is 0 Å². The second-order valence-corrected chi connectivity index (χ2v) is 4.46. The molecule has 1 heterocycles. The van der Waals surface area contributed by atoms with Crippen LogP contribution >= 0.6 is 11.6 Å². The van der Waals surface area contributed by atoms with Gasteiger partial charge in [0.05, 0.1) is 12.4 Å². The van der Waals surface area contributed by atoms with Crippen LogP contribution in [0, 0.1) is 5.92 Å². The SMILES string of the molecule is O=C(NCCCC1CC1)c1cncc(Cl)n1. The number of hydrogen-bond acceptors (Lipinski definition) is 3. The van der Waals surface area contributed by atoms with Crippen molar-refractivity contribution in [2.75, 3.05) is 6.54 Å². The Balaban J connectivity index is 1.73. The first-order chi connectivity index (χ1) is 7.75. The molecule has 1 aromatic rings. The van der Waals surface area contributed by atoms with Crippen molar-refractivity contribution in [3.63, 3.8) is 0 Å². The molecular weight excluding hydrogens is 226 g/mol. The molecule has 0 atom stereocenters. The summed E-state index contributed by atoms with van der Waals surface area (Å²) in [5.41, 5.74) is 0.277. The molecule has 16 heavy (non-hydrogen) atoms. The van der Waals surface area contributed by atoms with Gasteiger partial charge >= 0.3 is 0 Å². The highest BCUT2D eigenvalue weighted by Crippen LogP contribution is 2.33. The molecule has 0 radical (unpaired) electrons. The lowest BCUT2D eigenvalue weighted by Crippen LogP contribution is -2.25. The van der Waals surface area contributed by atoms with Gasteiger partial charge in [0.15, 0.2) is 0 Å². The fourth-order valence-corrected chi connectivity index (χ4v) is 1.69. The molecule has 1 aliphatic rings. The number of nitrogens with one attached hydrogen (secondary N) is 1. The van der Waals surface area contributed by atoms with E-state index >= 15 is 0 Å². The average molecular weight is 240 g/mol. The van der Waals surface area contributed by atoms with Crippen LogP contribution in [0.2, 0.25) is 5.15 Å². The van der Waals surface area contributed by atoms with Crippen molar-refractivity contribution in [3.05, 3.63) is 23.2 Å². The second kappa shape index (κ2) is 5.25. The van der Waals surface area contributed by atoms with Crippen LogP contribution in [0.5, 0.6) is 0 Å². The number of halogens is 1. The predicted molar refractivity (Wildman–Crippen MR) is 61.3 cm³/mol. The fraction of sp³-hybridized carbons (Fsp3) is 0.545. The number of rotatable bonds is 5. The molecule has 0 bridgehead atoms. The maximum Gasteiger partial charge on any atom is 0.271 e.